The molecule has 1 aliphatic heterocycles. The van der Waals surface area contributed by atoms with Crippen molar-refractivity contribution in [1.29, 1.82) is 0 Å². The Labute approximate surface area is 100 Å². The summed E-state index contributed by atoms with van der Waals surface area (Å²) < 4.78 is 0. The maximum Gasteiger partial charge on any atom is 0.0555 e. The number of hydrogen-bond acceptors (Lipinski definition) is 2. The Morgan fingerprint density at radius 3 is 2.62 bits per heavy atom. The van der Waals surface area contributed by atoms with E-state index in [1.807, 2.05) is 0 Å². The Bertz CT molecular complexity index is 239. The molecule has 0 amide bonds. The third-order valence-corrected chi connectivity index (χ3v) is 4.82. The Hall–Kier alpha value is -0.0800. The first-order valence-corrected chi connectivity index (χ1v) is 6.99. The molecule has 0 aromatic rings. The zero-order chi connectivity index (χ0) is 11.8. The van der Waals surface area contributed by atoms with Crippen LogP contribution in [0.4, 0.5) is 0 Å². The lowest BCUT2D eigenvalue weighted by Gasteiger charge is -2.45. The third kappa shape index (κ3) is 2.28. The Morgan fingerprint density at radius 1 is 1.31 bits per heavy atom. The average molecular weight is 225 g/mol. The van der Waals surface area contributed by atoms with Gasteiger partial charge >= 0.3 is 0 Å². The minimum absolute atomic E-state index is 0.0517. The van der Waals surface area contributed by atoms with Gasteiger partial charge in [0.2, 0.25) is 0 Å². The van der Waals surface area contributed by atoms with Crippen molar-refractivity contribution >= 4 is 0 Å². The molecule has 0 aromatic carbocycles. The highest BCUT2D eigenvalue weighted by Gasteiger charge is 2.41. The lowest BCUT2D eigenvalue weighted by Crippen LogP contribution is -2.51. The van der Waals surface area contributed by atoms with Gasteiger partial charge in [0, 0.05) is 11.6 Å². The van der Waals surface area contributed by atoms with Gasteiger partial charge in [0.15, 0.2) is 0 Å². The standard InChI is InChI=1S/C14H27NO/c1-4-11-6-7-12(16)10-13(11)15-9-5-8-14(15,2)3/h11-13,16H,4-10H2,1-3H3. The molecule has 1 saturated carbocycles. The first-order chi connectivity index (χ1) is 7.54. The summed E-state index contributed by atoms with van der Waals surface area (Å²) in [6, 6.07) is 0.631. The van der Waals surface area contributed by atoms with Crippen LogP contribution in [0.15, 0.2) is 0 Å². The van der Waals surface area contributed by atoms with Gasteiger partial charge in [-0.15, -0.1) is 0 Å². The molecule has 1 N–H and O–H groups in total. The van der Waals surface area contributed by atoms with E-state index in [0.29, 0.717) is 11.6 Å². The fourth-order valence-corrected chi connectivity index (χ4v) is 3.79. The SMILES string of the molecule is CCC1CCC(O)CC1N1CCCC1(C)C. The number of aliphatic hydroxyl groups excluding tert-OH is 1. The van der Waals surface area contributed by atoms with Crippen LogP contribution in [-0.2, 0) is 0 Å². The Morgan fingerprint density at radius 2 is 2.06 bits per heavy atom. The van der Waals surface area contributed by atoms with E-state index in [0.717, 1.165) is 18.8 Å². The summed E-state index contributed by atoms with van der Waals surface area (Å²) >= 11 is 0. The van der Waals surface area contributed by atoms with Crippen LogP contribution in [-0.4, -0.2) is 34.2 Å². The molecule has 1 aliphatic carbocycles. The first-order valence-electron chi connectivity index (χ1n) is 6.99. The summed E-state index contributed by atoms with van der Waals surface area (Å²) in [6.07, 6.45) is 7.10. The largest absolute Gasteiger partial charge is 0.393 e. The van der Waals surface area contributed by atoms with Crippen molar-refractivity contribution in [3.05, 3.63) is 0 Å². The number of nitrogens with zero attached hydrogens (tertiary/aromatic N) is 1. The molecule has 0 spiro atoms. The molecular weight excluding hydrogens is 198 g/mol. The smallest absolute Gasteiger partial charge is 0.0555 e. The average Bonchev–Trinajstić information content (AvgIpc) is 2.58. The predicted molar refractivity (Wildman–Crippen MR) is 67.4 cm³/mol. The molecule has 2 nitrogen and oxygen atoms in total. The molecule has 3 unspecified atom stereocenters. The highest BCUT2D eigenvalue weighted by Crippen LogP contribution is 2.39. The minimum Gasteiger partial charge on any atom is -0.393 e. The van der Waals surface area contributed by atoms with Gasteiger partial charge in [-0.05, 0) is 58.4 Å². The Balaban J connectivity index is 2.10. The summed E-state index contributed by atoms with van der Waals surface area (Å²) in [5, 5.41) is 9.90. The molecule has 0 aromatic heterocycles. The molecule has 16 heavy (non-hydrogen) atoms. The normalized spacial score (nSPS) is 40.1. The summed E-state index contributed by atoms with van der Waals surface area (Å²) in [5.41, 5.74) is 0.356. The molecule has 2 aliphatic rings. The first kappa shape index (κ1) is 12.4. The van der Waals surface area contributed by atoms with Crippen molar-refractivity contribution in [3.63, 3.8) is 0 Å². The monoisotopic (exact) mass is 225 g/mol. The molecule has 2 rings (SSSR count). The maximum atomic E-state index is 9.90. The van der Waals surface area contributed by atoms with Crippen LogP contribution in [0.25, 0.3) is 0 Å². The van der Waals surface area contributed by atoms with Gasteiger partial charge in [0.05, 0.1) is 6.10 Å². The van der Waals surface area contributed by atoms with Gasteiger partial charge in [-0.1, -0.05) is 13.3 Å². The molecule has 0 bridgehead atoms. The molecule has 3 atom stereocenters. The topological polar surface area (TPSA) is 23.5 Å². The van der Waals surface area contributed by atoms with Crippen molar-refractivity contribution < 1.29 is 5.11 Å². The van der Waals surface area contributed by atoms with Gasteiger partial charge in [0.25, 0.3) is 0 Å². The lowest BCUT2D eigenvalue weighted by molar-refractivity contribution is -0.00101. The van der Waals surface area contributed by atoms with Gasteiger partial charge in [-0.3, -0.25) is 4.90 Å². The van der Waals surface area contributed by atoms with E-state index < -0.39 is 0 Å². The number of hydrogen-bond donors (Lipinski definition) is 1. The van der Waals surface area contributed by atoms with Crippen LogP contribution in [0.2, 0.25) is 0 Å². The van der Waals surface area contributed by atoms with Crippen molar-refractivity contribution in [2.75, 3.05) is 6.54 Å². The van der Waals surface area contributed by atoms with E-state index in [4.69, 9.17) is 0 Å². The van der Waals surface area contributed by atoms with E-state index in [9.17, 15) is 5.11 Å². The zero-order valence-corrected chi connectivity index (χ0v) is 11.1. The minimum atomic E-state index is -0.0517. The summed E-state index contributed by atoms with van der Waals surface area (Å²) in [4.78, 5) is 2.68. The second-order valence-corrected chi connectivity index (χ2v) is 6.31. The van der Waals surface area contributed by atoms with Crippen LogP contribution in [0, 0.1) is 5.92 Å². The summed E-state index contributed by atoms with van der Waals surface area (Å²) in [6.45, 7) is 8.28. The number of aliphatic hydroxyl groups is 1. The molecule has 94 valence electrons. The van der Waals surface area contributed by atoms with Gasteiger partial charge in [-0.25, -0.2) is 0 Å². The molecule has 2 heteroatoms. The van der Waals surface area contributed by atoms with Crippen molar-refractivity contribution in [2.45, 2.75) is 77.0 Å². The second kappa shape index (κ2) is 4.66. The maximum absolute atomic E-state index is 9.90. The van der Waals surface area contributed by atoms with Gasteiger partial charge in [0.1, 0.15) is 0 Å². The van der Waals surface area contributed by atoms with Crippen LogP contribution in [0.1, 0.15) is 59.3 Å². The van der Waals surface area contributed by atoms with Crippen LogP contribution in [0.3, 0.4) is 0 Å². The van der Waals surface area contributed by atoms with E-state index in [-0.39, 0.29) is 6.10 Å². The van der Waals surface area contributed by atoms with Gasteiger partial charge < -0.3 is 5.11 Å². The number of rotatable bonds is 2. The van der Waals surface area contributed by atoms with Crippen LogP contribution in [0.5, 0.6) is 0 Å². The van der Waals surface area contributed by atoms with E-state index >= 15 is 0 Å². The molecular formula is C14H27NO. The zero-order valence-electron chi connectivity index (χ0n) is 11.1. The van der Waals surface area contributed by atoms with Crippen molar-refractivity contribution in [1.82, 2.24) is 4.90 Å². The fourth-order valence-electron chi connectivity index (χ4n) is 3.79. The quantitative estimate of drug-likeness (QED) is 0.781. The molecule has 1 saturated heterocycles. The predicted octanol–water partition coefficient (Wildman–Crippen LogP) is 2.80. The molecule has 0 radical (unpaired) electrons. The highest BCUT2D eigenvalue weighted by atomic mass is 16.3. The lowest BCUT2D eigenvalue weighted by atomic mass is 9.79. The van der Waals surface area contributed by atoms with Crippen molar-refractivity contribution in [2.24, 2.45) is 5.92 Å². The summed E-state index contributed by atoms with van der Waals surface area (Å²) in [5.74, 6) is 0.806. The summed E-state index contributed by atoms with van der Waals surface area (Å²) in [7, 11) is 0. The van der Waals surface area contributed by atoms with E-state index in [1.165, 1.54) is 32.2 Å². The molecule has 1 heterocycles. The van der Waals surface area contributed by atoms with E-state index in [1.54, 1.807) is 0 Å². The fraction of sp³-hybridized carbons (Fsp3) is 1.00. The van der Waals surface area contributed by atoms with E-state index in [2.05, 4.69) is 25.7 Å². The number of likely N-dealkylation sites (tertiary alicyclic amines) is 1. The van der Waals surface area contributed by atoms with Gasteiger partial charge in [-0.2, -0.15) is 0 Å². The van der Waals surface area contributed by atoms with Crippen LogP contribution >= 0.6 is 0 Å². The van der Waals surface area contributed by atoms with Crippen molar-refractivity contribution in [3.8, 4) is 0 Å². The second-order valence-electron chi connectivity index (χ2n) is 6.31. The highest BCUT2D eigenvalue weighted by molar-refractivity contribution is 4.96. The van der Waals surface area contributed by atoms with Crippen LogP contribution < -0.4 is 0 Å². The third-order valence-electron chi connectivity index (χ3n) is 4.82. The molecule has 2 fully saturated rings. The Kier molecular flexibility index (Phi) is 3.60.